The van der Waals surface area contributed by atoms with Gasteiger partial charge in [0.05, 0.1) is 12.1 Å². The Morgan fingerprint density at radius 2 is 1.59 bits per heavy atom. The minimum Gasteiger partial charge on any atom is -0.481 e. The molecule has 0 spiro atoms. The summed E-state index contributed by atoms with van der Waals surface area (Å²) in [7, 11) is 0. The summed E-state index contributed by atoms with van der Waals surface area (Å²) in [4.78, 5) is 13.5. The Hall–Kier alpha value is -5.09. The quantitative estimate of drug-likeness (QED) is 0.177. The van der Waals surface area contributed by atoms with Gasteiger partial charge in [0, 0.05) is 12.0 Å². The van der Waals surface area contributed by atoms with Gasteiger partial charge >= 0.3 is 5.97 Å². The molecular formula is C40H37NO3. The fraction of sp³-hybridized carbons (Fsp3) is 0.175. The standard InChI is InChI=1S/C40H37NO3/c1-27-16-19-30(20-17-27)26-40(4,39-28(2)18-21-31-11-7-8-14-34(31)39)29(3)10-9-15-37-41(23-22-38(42)43)35-24-32-12-5-6-13-33(32)25-36(35)44-37/h5-21,24-25H,3,22-23,26H2,1-2,4H3,(H,42,43)/b10-9+,37-15-. The molecule has 4 nitrogen and oxygen atoms in total. The minimum absolute atomic E-state index is 0.00162. The topological polar surface area (TPSA) is 49.8 Å². The predicted octanol–water partition coefficient (Wildman–Crippen LogP) is 9.44. The Balaban J connectivity index is 1.38. The number of hydrogen-bond donors (Lipinski definition) is 1. The Labute approximate surface area is 259 Å². The van der Waals surface area contributed by atoms with Crippen molar-refractivity contribution in [3.05, 3.63) is 156 Å². The zero-order valence-corrected chi connectivity index (χ0v) is 25.5. The lowest BCUT2D eigenvalue weighted by Gasteiger charge is -2.34. The van der Waals surface area contributed by atoms with Crippen molar-refractivity contribution in [2.24, 2.45) is 0 Å². The molecule has 0 saturated carbocycles. The molecule has 0 aliphatic carbocycles. The Morgan fingerprint density at radius 3 is 2.32 bits per heavy atom. The fourth-order valence-corrected chi connectivity index (χ4v) is 6.37. The van der Waals surface area contributed by atoms with Crippen molar-refractivity contribution in [3.63, 3.8) is 0 Å². The molecule has 5 aromatic carbocycles. The van der Waals surface area contributed by atoms with E-state index in [9.17, 15) is 9.90 Å². The van der Waals surface area contributed by atoms with Crippen LogP contribution < -0.4 is 9.64 Å². The van der Waals surface area contributed by atoms with E-state index < -0.39 is 11.4 Å². The van der Waals surface area contributed by atoms with Crippen LogP contribution in [0.5, 0.6) is 5.75 Å². The molecule has 220 valence electrons. The smallest absolute Gasteiger partial charge is 0.305 e. The van der Waals surface area contributed by atoms with Crippen molar-refractivity contribution >= 4 is 33.2 Å². The van der Waals surface area contributed by atoms with Gasteiger partial charge in [0.25, 0.3) is 0 Å². The van der Waals surface area contributed by atoms with Crippen LogP contribution in [-0.2, 0) is 16.6 Å². The summed E-state index contributed by atoms with van der Waals surface area (Å²) < 4.78 is 6.31. The molecule has 1 heterocycles. The monoisotopic (exact) mass is 579 g/mol. The molecule has 6 rings (SSSR count). The number of carboxylic acid groups (broad SMARTS) is 1. The van der Waals surface area contributed by atoms with Crippen LogP contribution in [0.3, 0.4) is 0 Å². The normalized spacial score (nSPS) is 15.1. The number of nitrogens with zero attached hydrogens (tertiary/aromatic N) is 1. The van der Waals surface area contributed by atoms with Crippen LogP contribution in [0.1, 0.15) is 35.6 Å². The number of aryl methyl sites for hydroxylation is 2. The summed E-state index contributed by atoms with van der Waals surface area (Å²) in [5.41, 5.74) is 6.45. The number of anilines is 1. The van der Waals surface area contributed by atoms with Gasteiger partial charge in [-0.15, -0.1) is 0 Å². The van der Waals surface area contributed by atoms with Crippen LogP contribution in [0, 0.1) is 13.8 Å². The zero-order chi connectivity index (χ0) is 30.8. The number of rotatable bonds is 9. The summed E-state index contributed by atoms with van der Waals surface area (Å²) in [5.74, 6) is 0.477. The third-order valence-electron chi connectivity index (χ3n) is 8.76. The maximum Gasteiger partial charge on any atom is 0.305 e. The van der Waals surface area contributed by atoms with Gasteiger partial charge in [-0.2, -0.15) is 0 Å². The molecule has 0 fully saturated rings. The first kappa shape index (κ1) is 29.0. The highest BCUT2D eigenvalue weighted by atomic mass is 16.5. The molecule has 0 bridgehead atoms. The summed E-state index contributed by atoms with van der Waals surface area (Å²) in [6.45, 7) is 11.5. The molecule has 44 heavy (non-hydrogen) atoms. The lowest BCUT2D eigenvalue weighted by Crippen LogP contribution is -2.28. The molecule has 1 aliphatic heterocycles. The molecule has 4 heteroatoms. The van der Waals surface area contributed by atoms with E-state index in [2.05, 4.69) is 112 Å². The van der Waals surface area contributed by atoms with Crippen LogP contribution in [0.4, 0.5) is 5.69 Å². The van der Waals surface area contributed by atoms with Gasteiger partial charge < -0.3 is 14.7 Å². The van der Waals surface area contributed by atoms with Gasteiger partial charge in [-0.25, -0.2) is 0 Å². The first-order valence-electron chi connectivity index (χ1n) is 15.0. The molecule has 0 aromatic heterocycles. The largest absolute Gasteiger partial charge is 0.481 e. The van der Waals surface area contributed by atoms with Crippen LogP contribution in [0.25, 0.3) is 21.5 Å². The number of ether oxygens (including phenoxy) is 1. The van der Waals surface area contributed by atoms with Gasteiger partial charge in [-0.3, -0.25) is 4.79 Å². The van der Waals surface area contributed by atoms with E-state index in [1.165, 1.54) is 33.0 Å². The Kier molecular flexibility index (Phi) is 7.84. The number of benzene rings is 5. The average molecular weight is 580 g/mol. The molecule has 1 N–H and O–H groups in total. The zero-order valence-electron chi connectivity index (χ0n) is 25.5. The fourth-order valence-electron chi connectivity index (χ4n) is 6.37. The molecule has 0 amide bonds. The number of carbonyl (C=O) groups is 1. The maximum atomic E-state index is 11.5. The van der Waals surface area contributed by atoms with Crippen LogP contribution in [-0.4, -0.2) is 17.6 Å². The van der Waals surface area contributed by atoms with Gasteiger partial charge in [0.2, 0.25) is 5.88 Å². The SMILES string of the molecule is C=C(/C=C/C=C1\Oc2cc3ccccc3cc2N1CCC(=O)O)C(C)(Cc1ccc(C)cc1)c1c(C)ccc2ccccc12. The number of fused-ring (bicyclic) bond motifs is 3. The predicted molar refractivity (Wildman–Crippen MR) is 181 cm³/mol. The Bertz CT molecular complexity index is 1950. The van der Waals surface area contributed by atoms with Gasteiger partial charge in [-0.05, 0) is 82.3 Å². The molecule has 1 atom stereocenters. The van der Waals surface area contributed by atoms with Gasteiger partial charge in [0.15, 0.2) is 5.75 Å². The number of allylic oxidation sites excluding steroid dienone is 4. The third kappa shape index (κ3) is 5.63. The first-order chi connectivity index (χ1) is 21.2. The van der Waals surface area contributed by atoms with Crippen molar-refractivity contribution in [3.8, 4) is 5.75 Å². The second-order valence-electron chi connectivity index (χ2n) is 11.9. The highest BCUT2D eigenvalue weighted by Crippen LogP contribution is 2.43. The summed E-state index contributed by atoms with van der Waals surface area (Å²) >= 11 is 0. The van der Waals surface area contributed by atoms with E-state index in [-0.39, 0.29) is 6.42 Å². The van der Waals surface area contributed by atoms with E-state index >= 15 is 0 Å². The van der Waals surface area contributed by atoms with Gasteiger partial charge in [0.1, 0.15) is 0 Å². The van der Waals surface area contributed by atoms with E-state index in [0.29, 0.717) is 12.4 Å². The summed E-state index contributed by atoms with van der Waals surface area (Å²) in [6, 6.07) is 33.9. The molecule has 1 unspecified atom stereocenters. The Morgan fingerprint density at radius 1 is 0.909 bits per heavy atom. The van der Waals surface area contributed by atoms with Crippen molar-refractivity contribution < 1.29 is 14.6 Å². The van der Waals surface area contributed by atoms with Crippen molar-refractivity contribution in [1.82, 2.24) is 0 Å². The van der Waals surface area contributed by atoms with E-state index in [1.54, 1.807) is 0 Å². The van der Waals surface area contributed by atoms with Gasteiger partial charge in [-0.1, -0.05) is 116 Å². The lowest BCUT2D eigenvalue weighted by atomic mass is 9.69. The summed E-state index contributed by atoms with van der Waals surface area (Å²) in [6.07, 6.45) is 6.75. The minimum atomic E-state index is -0.847. The second-order valence-corrected chi connectivity index (χ2v) is 11.9. The molecule has 0 radical (unpaired) electrons. The molecule has 0 saturated heterocycles. The lowest BCUT2D eigenvalue weighted by molar-refractivity contribution is -0.136. The summed E-state index contributed by atoms with van der Waals surface area (Å²) in [5, 5.41) is 14.0. The third-order valence-corrected chi connectivity index (χ3v) is 8.76. The van der Waals surface area contributed by atoms with Crippen molar-refractivity contribution in [2.45, 2.75) is 39.0 Å². The number of aliphatic carboxylic acids is 1. The van der Waals surface area contributed by atoms with E-state index in [4.69, 9.17) is 4.74 Å². The number of hydrogen-bond acceptors (Lipinski definition) is 3. The van der Waals surface area contributed by atoms with Crippen LogP contribution in [0.2, 0.25) is 0 Å². The van der Waals surface area contributed by atoms with Crippen LogP contribution in [0.15, 0.2) is 133 Å². The van der Waals surface area contributed by atoms with Crippen molar-refractivity contribution in [2.75, 3.05) is 11.4 Å². The molecular weight excluding hydrogens is 542 g/mol. The molecule has 5 aromatic rings. The van der Waals surface area contributed by atoms with E-state index in [1.807, 2.05) is 35.3 Å². The van der Waals surface area contributed by atoms with Crippen molar-refractivity contribution in [1.29, 1.82) is 0 Å². The number of carboxylic acids is 1. The first-order valence-corrected chi connectivity index (χ1v) is 15.0. The van der Waals surface area contributed by atoms with Crippen LogP contribution >= 0.6 is 0 Å². The highest BCUT2D eigenvalue weighted by molar-refractivity contribution is 5.91. The second kappa shape index (κ2) is 11.9. The average Bonchev–Trinajstić information content (AvgIpc) is 3.35. The highest BCUT2D eigenvalue weighted by Gasteiger charge is 2.32. The maximum absolute atomic E-state index is 11.5. The molecule has 1 aliphatic rings. The van der Waals surface area contributed by atoms with E-state index in [0.717, 1.165) is 34.2 Å².